The highest BCUT2D eigenvalue weighted by Crippen LogP contribution is 2.51. The smallest absolute Gasteiger partial charge is 0.271 e. The van der Waals surface area contributed by atoms with Crippen molar-refractivity contribution in [3.8, 4) is 28.7 Å². The van der Waals surface area contributed by atoms with E-state index in [1.165, 1.54) is 31.4 Å². The molecule has 0 amide bonds. The maximum atomic E-state index is 12.5. The number of hydrogen-bond donors (Lipinski definition) is 5. The third-order valence-corrected chi connectivity index (χ3v) is 3.76. The average molecular weight is 334 g/mol. The number of Topliss-reactive ketones (excluding diaryl/α,β-unsaturated/α-hetero) is 1. The second kappa shape index (κ2) is 5.29. The summed E-state index contributed by atoms with van der Waals surface area (Å²) in [5.41, 5.74) is -0.327. The number of ether oxygens (including phenoxy) is 2. The monoisotopic (exact) mass is 334 g/mol. The molecule has 1 unspecified atom stereocenters. The van der Waals surface area contributed by atoms with Crippen LogP contribution in [0.15, 0.2) is 30.3 Å². The van der Waals surface area contributed by atoms with E-state index in [9.17, 15) is 30.3 Å². The molecule has 2 aromatic carbocycles. The number of methoxy groups -OCH3 is 1. The zero-order chi connectivity index (χ0) is 17.6. The second-order valence-corrected chi connectivity index (χ2v) is 5.30. The highest BCUT2D eigenvalue weighted by Gasteiger charge is 2.52. The molecule has 0 aliphatic carbocycles. The summed E-state index contributed by atoms with van der Waals surface area (Å²) in [5.74, 6) is -5.93. The van der Waals surface area contributed by atoms with E-state index in [0.717, 1.165) is 6.07 Å². The lowest BCUT2D eigenvalue weighted by Gasteiger charge is -2.36. The lowest BCUT2D eigenvalue weighted by molar-refractivity contribution is -0.186. The van der Waals surface area contributed by atoms with Crippen LogP contribution in [0.5, 0.6) is 28.7 Å². The van der Waals surface area contributed by atoms with Gasteiger partial charge in [0.2, 0.25) is 11.5 Å². The van der Waals surface area contributed by atoms with E-state index in [1.54, 1.807) is 0 Å². The molecule has 0 spiro atoms. The van der Waals surface area contributed by atoms with Gasteiger partial charge in [0.25, 0.3) is 5.79 Å². The predicted octanol–water partition coefficient (Wildman–Crippen LogP) is 0.809. The van der Waals surface area contributed by atoms with Gasteiger partial charge in [0.05, 0.1) is 7.11 Å². The molecule has 0 aromatic heterocycles. The minimum absolute atomic E-state index is 0.0596. The van der Waals surface area contributed by atoms with Crippen molar-refractivity contribution in [2.75, 3.05) is 7.11 Å². The molecule has 0 fully saturated rings. The van der Waals surface area contributed by atoms with E-state index in [1.807, 2.05) is 0 Å². The molecule has 1 aliphatic heterocycles. The van der Waals surface area contributed by atoms with Crippen LogP contribution < -0.4 is 9.47 Å². The van der Waals surface area contributed by atoms with Gasteiger partial charge in [-0.25, -0.2) is 0 Å². The van der Waals surface area contributed by atoms with Crippen molar-refractivity contribution in [2.45, 2.75) is 11.9 Å². The number of ketones is 1. The number of phenolic OH excluding ortho intramolecular Hbond substituents is 3. The van der Waals surface area contributed by atoms with Crippen molar-refractivity contribution in [1.82, 2.24) is 0 Å². The minimum Gasteiger partial charge on any atom is -0.508 e. The molecule has 1 atom stereocenters. The highest BCUT2D eigenvalue weighted by molar-refractivity contribution is 6.08. The van der Waals surface area contributed by atoms with Crippen LogP contribution >= 0.6 is 0 Å². The number of benzene rings is 2. The number of aliphatic hydroxyl groups is 2. The van der Waals surface area contributed by atoms with Gasteiger partial charge in [-0.1, -0.05) is 12.1 Å². The molecule has 5 N–H and O–H groups in total. The quantitative estimate of drug-likeness (QED) is 0.509. The minimum atomic E-state index is -2.97. The van der Waals surface area contributed by atoms with Gasteiger partial charge in [0, 0.05) is 6.07 Å². The van der Waals surface area contributed by atoms with E-state index >= 15 is 0 Å². The summed E-state index contributed by atoms with van der Waals surface area (Å²) in [6, 6.07) is 6.09. The van der Waals surface area contributed by atoms with Crippen molar-refractivity contribution < 1.29 is 39.8 Å². The molecule has 0 radical (unpaired) electrons. The molecule has 1 aliphatic rings. The summed E-state index contributed by atoms with van der Waals surface area (Å²) >= 11 is 0. The zero-order valence-electron chi connectivity index (χ0n) is 12.4. The van der Waals surface area contributed by atoms with Crippen molar-refractivity contribution >= 4 is 5.78 Å². The van der Waals surface area contributed by atoms with E-state index in [0.29, 0.717) is 0 Å². The summed E-state index contributed by atoms with van der Waals surface area (Å²) in [5, 5.41) is 49.5. The fourth-order valence-corrected chi connectivity index (χ4v) is 2.60. The maximum absolute atomic E-state index is 12.5. The van der Waals surface area contributed by atoms with Crippen LogP contribution in [0.25, 0.3) is 0 Å². The molecular formula is C16H14O8. The van der Waals surface area contributed by atoms with Gasteiger partial charge in [-0.2, -0.15) is 0 Å². The van der Waals surface area contributed by atoms with Gasteiger partial charge < -0.3 is 35.0 Å². The van der Waals surface area contributed by atoms with Crippen molar-refractivity contribution in [3.63, 3.8) is 0 Å². The van der Waals surface area contributed by atoms with E-state index in [4.69, 9.17) is 9.47 Å². The largest absolute Gasteiger partial charge is 0.508 e. The molecule has 0 bridgehead atoms. The Bertz CT molecular complexity index is 810. The molecule has 1 heterocycles. The van der Waals surface area contributed by atoms with Crippen molar-refractivity contribution in [3.05, 3.63) is 41.5 Å². The first-order valence-corrected chi connectivity index (χ1v) is 6.85. The third-order valence-electron chi connectivity index (χ3n) is 3.76. The Labute approximate surface area is 135 Å². The molecule has 0 saturated heterocycles. The summed E-state index contributed by atoms with van der Waals surface area (Å²) in [6.07, 6.45) is -1.56. The number of rotatable bonds is 2. The molecule has 8 heteroatoms. The summed E-state index contributed by atoms with van der Waals surface area (Å²) in [6.45, 7) is 0. The molecule has 3 rings (SSSR count). The lowest BCUT2D eigenvalue weighted by Crippen LogP contribution is -2.49. The van der Waals surface area contributed by atoms with Gasteiger partial charge >= 0.3 is 0 Å². The van der Waals surface area contributed by atoms with Crippen LogP contribution in [0.1, 0.15) is 22.0 Å². The number of carbonyl (C=O) groups excluding carboxylic acids is 1. The van der Waals surface area contributed by atoms with Crippen molar-refractivity contribution in [2.24, 2.45) is 0 Å². The van der Waals surface area contributed by atoms with Gasteiger partial charge in [-0.3, -0.25) is 4.79 Å². The van der Waals surface area contributed by atoms with Crippen LogP contribution in [-0.4, -0.2) is 44.2 Å². The Hall–Kier alpha value is -2.97. The Morgan fingerprint density at radius 1 is 1.08 bits per heavy atom. The molecule has 24 heavy (non-hydrogen) atoms. The van der Waals surface area contributed by atoms with E-state index < -0.39 is 34.7 Å². The molecule has 2 aromatic rings. The Balaban J connectivity index is 2.21. The Kier molecular flexibility index (Phi) is 3.51. The first kappa shape index (κ1) is 15.9. The summed E-state index contributed by atoms with van der Waals surface area (Å²) in [7, 11) is 1.22. The number of carbonyl (C=O) groups is 1. The molecular weight excluding hydrogens is 320 g/mol. The standard InChI is InChI=1S/C16H14O8/c1-23-12-10(19)6-9(18)11-13(12)24-15(16(21,22)14(11)20)7-2-4-8(17)5-3-7/h2-6,15,17-19,21-22H,1H3. The first-order chi connectivity index (χ1) is 11.3. The van der Waals surface area contributed by atoms with Crippen molar-refractivity contribution in [1.29, 1.82) is 0 Å². The molecule has 0 saturated carbocycles. The summed E-state index contributed by atoms with van der Waals surface area (Å²) < 4.78 is 10.5. The SMILES string of the molecule is COc1c(O)cc(O)c2c1OC(c1ccc(O)cc1)C(O)(O)C2=O. The fourth-order valence-electron chi connectivity index (χ4n) is 2.60. The average Bonchev–Trinajstić information content (AvgIpc) is 2.52. The van der Waals surface area contributed by atoms with Crippen LogP contribution in [0.2, 0.25) is 0 Å². The first-order valence-electron chi connectivity index (χ1n) is 6.85. The maximum Gasteiger partial charge on any atom is 0.271 e. The summed E-state index contributed by atoms with van der Waals surface area (Å²) in [4.78, 5) is 12.5. The third kappa shape index (κ3) is 2.20. The molecule has 8 nitrogen and oxygen atoms in total. The number of fused-ring (bicyclic) bond motifs is 1. The number of phenols is 3. The van der Waals surface area contributed by atoms with Gasteiger partial charge in [-0.15, -0.1) is 0 Å². The lowest BCUT2D eigenvalue weighted by atomic mass is 9.89. The van der Waals surface area contributed by atoms with Crippen LogP contribution in [0.3, 0.4) is 0 Å². The van der Waals surface area contributed by atoms with Crippen LogP contribution in [0.4, 0.5) is 0 Å². The highest BCUT2D eigenvalue weighted by atomic mass is 16.6. The normalized spacial score (nSPS) is 18.6. The van der Waals surface area contributed by atoms with E-state index in [2.05, 4.69) is 0 Å². The predicted molar refractivity (Wildman–Crippen MR) is 79.3 cm³/mol. The fraction of sp³-hybridized carbons (Fsp3) is 0.188. The van der Waals surface area contributed by atoms with Crippen LogP contribution in [0, 0.1) is 0 Å². The van der Waals surface area contributed by atoms with Gasteiger partial charge in [0.1, 0.15) is 17.1 Å². The van der Waals surface area contributed by atoms with E-state index in [-0.39, 0.29) is 22.8 Å². The number of hydrogen-bond acceptors (Lipinski definition) is 8. The Morgan fingerprint density at radius 2 is 1.71 bits per heavy atom. The van der Waals surface area contributed by atoms with Crippen LogP contribution in [-0.2, 0) is 0 Å². The zero-order valence-corrected chi connectivity index (χ0v) is 12.4. The van der Waals surface area contributed by atoms with Gasteiger partial charge in [0.15, 0.2) is 17.6 Å². The topological polar surface area (TPSA) is 137 Å². The second-order valence-electron chi connectivity index (χ2n) is 5.30. The number of aromatic hydroxyl groups is 3. The van der Waals surface area contributed by atoms with Gasteiger partial charge in [-0.05, 0) is 17.7 Å². The Morgan fingerprint density at radius 3 is 2.29 bits per heavy atom. The molecule has 126 valence electrons.